The Morgan fingerprint density at radius 1 is 0.833 bits per heavy atom. The van der Waals surface area contributed by atoms with Crippen molar-refractivity contribution >= 4 is 34.3 Å². The lowest BCUT2D eigenvalue weighted by atomic mass is 10.1. The molecule has 0 bridgehead atoms. The molecule has 0 fully saturated rings. The predicted molar refractivity (Wildman–Crippen MR) is 80.7 cm³/mol. The van der Waals surface area contributed by atoms with Gasteiger partial charge in [0.05, 0.1) is 0 Å². The Morgan fingerprint density at radius 2 is 1.67 bits per heavy atom. The van der Waals surface area contributed by atoms with Gasteiger partial charge in [0.15, 0.2) is 0 Å². The molecule has 0 saturated heterocycles. The molecule has 0 nitrogen and oxygen atoms in total. The topological polar surface area (TPSA) is 0 Å². The number of fused-ring (bicyclic) bond motifs is 1. The highest BCUT2D eigenvalue weighted by Crippen LogP contribution is 2.16. The average molecular weight is 248 g/mol. The first-order chi connectivity index (χ1) is 8.92. The summed E-state index contributed by atoms with van der Waals surface area (Å²) < 4.78 is 0. The summed E-state index contributed by atoms with van der Waals surface area (Å²) in [4.78, 5) is 0. The zero-order valence-electron chi connectivity index (χ0n) is 9.84. The highest BCUT2D eigenvalue weighted by molar-refractivity contribution is 7.08. The molecule has 0 amide bonds. The molecular formula is C17H12S. The van der Waals surface area contributed by atoms with Crippen molar-refractivity contribution in [3.05, 3.63) is 76.1 Å². The van der Waals surface area contributed by atoms with Crippen LogP contribution in [0.25, 0.3) is 22.9 Å². The maximum Gasteiger partial charge on any atom is -0.00145 e. The zero-order chi connectivity index (χ0) is 12.2. The van der Waals surface area contributed by atoms with Crippen molar-refractivity contribution in [2.45, 2.75) is 0 Å². The maximum atomic E-state index is 3.23. The molecule has 1 heteroatoms. The standard InChI is InChI=1S/C17H12S/c1-2-7-17-12-14(8-9-16(17)6-1)4-3-5-15-10-11-18-13-15/h1-2,4-13H. The smallest absolute Gasteiger partial charge is 0.00145 e. The van der Waals surface area contributed by atoms with E-state index >= 15 is 0 Å². The molecule has 3 rings (SSSR count). The molecule has 0 radical (unpaired) electrons. The second-order valence-corrected chi connectivity index (χ2v) is 4.90. The van der Waals surface area contributed by atoms with Gasteiger partial charge in [-0.2, -0.15) is 11.3 Å². The second-order valence-electron chi connectivity index (χ2n) is 4.12. The third kappa shape index (κ3) is 2.43. The molecular weight excluding hydrogens is 236 g/mol. The number of rotatable bonds is 2. The van der Waals surface area contributed by atoms with Crippen LogP contribution < -0.4 is 0 Å². The summed E-state index contributed by atoms with van der Waals surface area (Å²) in [7, 11) is 0. The van der Waals surface area contributed by atoms with Crippen molar-refractivity contribution in [1.82, 2.24) is 0 Å². The van der Waals surface area contributed by atoms with Crippen molar-refractivity contribution in [1.29, 1.82) is 0 Å². The summed E-state index contributed by atoms with van der Waals surface area (Å²) in [6.07, 6.45) is 4.02. The minimum absolute atomic E-state index is 1.18. The van der Waals surface area contributed by atoms with Gasteiger partial charge in [0, 0.05) is 0 Å². The molecule has 0 aliphatic heterocycles. The number of hydrogen-bond donors (Lipinski definition) is 0. The first-order valence-corrected chi connectivity index (χ1v) is 6.79. The lowest BCUT2D eigenvalue weighted by Gasteiger charge is -1.97. The van der Waals surface area contributed by atoms with Crippen molar-refractivity contribution in [2.75, 3.05) is 0 Å². The summed E-state index contributed by atoms with van der Waals surface area (Å²) in [5.74, 6) is 0. The van der Waals surface area contributed by atoms with E-state index in [1.165, 1.54) is 21.9 Å². The van der Waals surface area contributed by atoms with E-state index in [1.54, 1.807) is 11.3 Å². The molecule has 3 aromatic rings. The molecule has 0 atom stereocenters. The van der Waals surface area contributed by atoms with Gasteiger partial charge in [-0.1, -0.05) is 36.4 Å². The van der Waals surface area contributed by atoms with Gasteiger partial charge in [0.1, 0.15) is 0 Å². The monoisotopic (exact) mass is 248 g/mol. The molecule has 18 heavy (non-hydrogen) atoms. The van der Waals surface area contributed by atoms with E-state index in [4.69, 9.17) is 0 Å². The van der Waals surface area contributed by atoms with Gasteiger partial charge in [-0.25, -0.2) is 0 Å². The molecule has 0 saturated carbocycles. The van der Waals surface area contributed by atoms with Crippen molar-refractivity contribution < 1.29 is 0 Å². The first-order valence-electron chi connectivity index (χ1n) is 5.85. The molecule has 0 spiro atoms. The van der Waals surface area contributed by atoms with Crippen molar-refractivity contribution in [3.63, 3.8) is 0 Å². The summed E-state index contributed by atoms with van der Waals surface area (Å²) in [6, 6.07) is 16.9. The minimum Gasteiger partial charge on any atom is -0.152 e. The highest BCUT2D eigenvalue weighted by Gasteiger charge is 1.92. The SMILES string of the molecule is C(=Cc1ccsc1)=Cc1ccc2ccccc2c1. The maximum absolute atomic E-state index is 3.23. The van der Waals surface area contributed by atoms with Gasteiger partial charge in [-0.05, 0) is 56.9 Å². The van der Waals surface area contributed by atoms with Crippen LogP contribution in [-0.2, 0) is 0 Å². The fraction of sp³-hybridized carbons (Fsp3) is 0. The first kappa shape index (κ1) is 11.0. The zero-order valence-corrected chi connectivity index (χ0v) is 10.7. The Labute approximate surface area is 111 Å². The fourth-order valence-corrected chi connectivity index (χ4v) is 2.51. The van der Waals surface area contributed by atoms with Crippen LogP contribution in [-0.4, -0.2) is 0 Å². The second kappa shape index (κ2) is 5.05. The van der Waals surface area contributed by atoms with E-state index < -0.39 is 0 Å². The molecule has 86 valence electrons. The highest BCUT2D eigenvalue weighted by atomic mass is 32.1. The van der Waals surface area contributed by atoms with Crippen LogP contribution in [0.3, 0.4) is 0 Å². The Morgan fingerprint density at radius 3 is 2.50 bits per heavy atom. The molecule has 1 heterocycles. The molecule has 1 aromatic heterocycles. The van der Waals surface area contributed by atoms with E-state index in [1.807, 2.05) is 12.2 Å². The van der Waals surface area contributed by atoms with Crippen molar-refractivity contribution in [2.24, 2.45) is 0 Å². The van der Waals surface area contributed by atoms with E-state index in [2.05, 4.69) is 65.0 Å². The third-order valence-corrected chi connectivity index (χ3v) is 3.52. The van der Waals surface area contributed by atoms with Gasteiger partial charge in [0.25, 0.3) is 0 Å². The number of benzene rings is 2. The molecule has 0 unspecified atom stereocenters. The predicted octanol–water partition coefficient (Wildman–Crippen LogP) is 5.23. The minimum atomic E-state index is 1.18. The van der Waals surface area contributed by atoms with E-state index in [-0.39, 0.29) is 0 Å². The van der Waals surface area contributed by atoms with Gasteiger partial charge >= 0.3 is 0 Å². The lowest BCUT2D eigenvalue weighted by molar-refractivity contribution is 1.71. The van der Waals surface area contributed by atoms with Crippen LogP contribution in [0.2, 0.25) is 0 Å². The largest absolute Gasteiger partial charge is 0.152 e. The number of hydrogen-bond acceptors (Lipinski definition) is 1. The van der Waals surface area contributed by atoms with Gasteiger partial charge in [0.2, 0.25) is 0 Å². The summed E-state index contributed by atoms with van der Waals surface area (Å²) in [5, 5.41) is 6.73. The molecule has 2 aromatic carbocycles. The molecule has 0 N–H and O–H groups in total. The third-order valence-electron chi connectivity index (χ3n) is 2.82. The Balaban J connectivity index is 1.93. The summed E-state index contributed by atoms with van der Waals surface area (Å²) >= 11 is 1.70. The normalized spacial score (nSPS) is 10.0. The van der Waals surface area contributed by atoms with Crippen LogP contribution in [0.5, 0.6) is 0 Å². The van der Waals surface area contributed by atoms with E-state index in [9.17, 15) is 0 Å². The lowest BCUT2D eigenvalue weighted by Crippen LogP contribution is -1.74. The van der Waals surface area contributed by atoms with Crippen LogP contribution >= 0.6 is 11.3 Å². The van der Waals surface area contributed by atoms with Crippen LogP contribution in [0, 0.1) is 0 Å². The quantitative estimate of drug-likeness (QED) is 0.545. The summed E-state index contributed by atoms with van der Waals surface area (Å²) in [5.41, 5.74) is 5.61. The number of thiophene rings is 1. The Bertz CT molecular complexity index is 714. The van der Waals surface area contributed by atoms with Gasteiger partial charge in [-0.15, -0.1) is 5.73 Å². The van der Waals surface area contributed by atoms with Crippen LogP contribution in [0.1, 0.15) is 11.1 Å². The van der Waals surface area contributed by atoms with E-state index in [0.29, 0.717) is 0 Å². The summed E-state index contributed by atoms with van der Waals surface area (Å²) in [6.45, 7) is 0. The van der Waals surface area contributed by atoms with Crippen LogP contribution in [0.4, 0.5) is 0 Å². The van der Waals surface area contributed by atoms with Crippen molar-refractivity contribution in [3.8, 4) is 0 Å². The molecule has 0 aliphatic carbocycles. The fourth-order valence-electron chi connectivity index (χ4n) is 1.89. The Kier molecular flexibility index (Phi) is 3.10. The van der Waals surface area contributed by atoms with Gasteiger partial charge in [-0.3, -0.25) is 0 Å². The van der Waals surface area contributed by atoms with Crippen LogP contribution in [0.15, 0.2) is 65.0 Å². The average Bonchev–Trinajstić information content (AvgIpc) is 2.92. The Hall–Kier alpha value is -2.08. The molecule has 0 aliphatic rings. The van der Waals surface area contributed by atoms with E-state index in [0.717, 1.165) is 0 Å². The van der Waals surface area contributed by atoms with Gasteiger partial charge < -0.3 is 0 Å².